The lowest BCUT2D eigenvalue weighted by molar-refractivity contribution is -0.199. The lowest BCUT2D eigenvalue weighted by atomic mass is 10.1. The fourth-order valence-electron chi connectivity index (χ4n) is 1.81. The molecule has 0 aromatic rings. The van der Waals surface area contributed by atoms with Gasteiger partial charge in [-0.3, -0.25) is 4.90 Å². The first-order chi connectivity index (χ1) is 7.88. The number of hydrogen-bond acceptors (Lipinski definition) is 4. The van der Waals surface area contributed by atoms with Crippen molar-refractivity contribution in [2.45, 2.75) is 38.2 Å². The van der Waals surface area contributed by atoms with E-state index in [9.17, 15) is 4.79 Å². The number of carbonyl (C=O) groups is 1. The average molecular weight is 241 g/mol. The zero-order chi connectivity index (χ0) is 12.7. The summed E-state index contributed by atoms with van der Waals surface area (Å²) in [5, 5.41) is 0. The minimum Gasteiger partial charge on any atom is -0.444 e. The summed E-state index contributed by atoms with van der Waals surface area (Å²) in [4.78, 5) is 13.7. The summed E-state index contributed by atoms with van der Waals surface area (Å²) in [7, 11) is 0. The van der Waals surface area contributed by atoms with Gasteiger partial charge in [-0.05, 0) is 20.8 Å². The van der Waals surface area contributed by atoms with Gasteiger partial charge in [-0.1, -0.05) is 6.08 Å². The molecule has 2 rings (SSSR count). The number of hydrogen-bond donors (Lipinski definition) is 0. The first kappa shape index (κ1) is 12.4. The molecule has 2 aliphatic rings. The molecule has 0 saturated carbocycles. The highest BCUT2D eigenvalue weighted by atomic mass is 16.8. The van der Waals surface area contributed by atoms with Crippen LogP contribution in [0.5, 0.6) is 0 Å². The fourth-order valence-corrected chi connectivity index (χ4v) is 1.81. The normalized spacial score (nSPS) is 30.6. The van der Waals surface area contributed by atoms with Gasteiger partial charge < -0.3 is 14.2 Å². The number of ether oxygens (including phenoxy) is 3. The molecule has 5 nitrogen and oxygen atoms in total. The van der Waals surface area contributed by atoms with Crippen LogP contribution < -0.4 is 0 Å². The number of amides is 1. The van der Waals surface area contributed by atoms with Crippen molar-refractivity contribution in [1.29, 1.82) is 0 Å². The molecular weight excluding hydrogens is 222 g/mol. The maximum absolute atomic E-state index is 12.0. The summed E-state index contributed by atoms with van der Waals surface area (Å²) in [5.74, 6) is -0.556. The van der Waals surface area contributed by atoms with Gasteiger partial charge >= 0.3 is 6.09 Å². The first-order valence-electron chi connectivity index (χ1n) is 5.76. The number of epoxide rings is 1. The molecular formula is C12H19NO4. The third kappa shape index (κ3) is 2.45. The summed E-state index contributed by atoms with van der Waals surface area (Å²) in [6.07, 6.45) is 1.33. The Hall–Kier alpha value is -1.07. The Morgan fingerprint density at radius 1 is 1.59 bits per heavy atom. The molecule has 2 fully saturated rings. The van der Waals surface area contributed by atoms with Crippen LogP contribution in [0.4, 0.5) is 4.79 Å². The van der Waals surface area contributed by atoms with Crippen molar-refractivity contribution >= 4 is 6.09 Å². The molecule has 0 bridgehead atoms. The standard InChI is InChI=1S/C12H19NO4/c1-5-6-13(10(14)17-11(2,3)4)9-7-15-12(9)8-16-12/h5,9H,1,6-8H2,2-4H3. The first-order valence-corrected chi connectivity index (χ1v) is 5.76. The number of carbonyl (C=O) groups excluding carboxylic acids is 1. The van der Waals surface area contributed by atoms with E-state index >= 15 is 0 Å². The third-order valence-corrected chi connectivity index (χ3v) is 2.75. The van der Waals surface area contributed by atoms with Gasteiger partial charge in [0.05, 0.1) is 6.61 Å². The minimum atomic E-state index is -0.556. The van der Waals surface area contributed by atoms with Gasteiger partial charge in [0.1, 0.15) is 18.2 Å². The highest BCUT2D eigenvalue weighted by Crippen LogP contribution is 2.43. The maximum Gasteiger partial charge on any atom is 0.411 e. The predicted octanol–water partition coefficient (Wildman–Crippen LogP) is 1.53. The van der Waals surface area contributed by atoms with Gasteiger partial charge in [0.2, 0.25) is 5.79 Å². The molecule has 0 aromatic carbocycles. The molecule has 0 radical (unpaired) electrons. The van der Waals surface area contributed by atoms with Gasteiger partial charge in [0.15, 0.2) is 0 Å². The lowest BCUT2D eigenvalue weighted by Gasteiger charge is -2.42. The largest absolute Gasteiger partial charge is 0.444 e. The van der Waals surface area contributed by atoms with Crippen LogP contribution in [0, 0.1) is 0 Å². The molecule has 17 heavy (non-hydrogen) atoms. The van der Waals surface area contributed by atoms with Crippen molar-refractivity contribution < 1.29 is 19.0 Å². The van der Waals surface area contributed by atoms with Crippen molar-refractivity contribution in [3.05, 3.63) is 12.7 Å². The van der Waals surface area contributed by atoms with E-state index in [4.69, 9.17) is 14.2 Å². The van der Waals surface area contributed by atoms with Crippen molar-refractivity contribution in [2.24, 2.45) is 0 Å². The summed E-state index contributed by atoms with van der Waals surface area (Å²) in [6, 6.07) is -0.0599. The SMILES string of the molecule is C=CCN(C(=O)OC(C)(C)C)C1COC12CO2. The highest BCUT2D eigenvalue weighted by Gasteiger charge is 2.63. The van der Waals surface area contributed by atoms with E-state index < -0.39 is 11.4 Å². The van der Waals surface area contributed by atoms with Gasteiger partial charge in [-0.15, -0.1) is 6.58 Å². The quantitative estimate of drug-likeness (QED) is 0.555. The molecule has 0 N–H and O–H groups in total. The zero-order valence-electron chi connectivity index (χ0n) is 10.6. The van der Waals surface area contributed by atoms with E-state index in [1.165, 1.54) is 0 Å². The second-order valence-corrected chi connectivity index (χ2v) is 5.35. The molecule has 0 aliphatic carbocycles. The van der Waals surface area contributed by atoms with E-state index in [1.807, 2.05) is 20.8 Å². The molecule has 5 heteroatoms. The van der Waals surface area contributed by atoms with Gasteiger partial charge in [0, 0.05) is 6.54 Å². The Kier molecular flexibility index (Phi) is 2.91. The topological polar surface area (TPSA) is 51.3 Å². The highest BCUT2D eigenvalue weighted by molar-refractivity contribution is 5.69. The smallest absolute Gasteiger partial charge is 0.411 e. The maximum atomic E-state index is 12.0. The van der Waals surface area contributed by atoms with Gasteiger partial charge in [0.25, 0.3) is 0 Å². The van der Waals surface area contributed by atoms with E-state index in [2.05, 4.69) is 6.58 Å². The second kappa shape index (κ2) is 3.99. The van der Waals surface area contributed by atoms with Crippen LogP contribution in [0.3, 0.4) is 0 Å². The van der Waals surface area contributed by atoms with Crippen LogP contribution in [-0.4, -0.2) is 48.2 Å². The Bertz CT molecular complexity index is 330. The molecule has 2 atom stereocenters. The Morgan fingerprint density at radius 3 is 2.59 bits per heavy atom. The Morgan fingerprint density at radius 2 is 2.24 bits per heavy atom. The van der Waals surface area contributed by atoms with E-state index in [0.29, 0.717) is 19.8 Å². The summed E-state index contributed by atoms with van der Waals surface area (Å²) in [5.41, 5.74) is -0.501. The summed E-state index contributed by atoms with van der Waals surface area (Å²) in [6.45, 7) is 10.7. The molecule has 0 aromatic heterocycles. The van der Waals surface area contributed by atoms with Crippen molar-refractivity contribution in [1.82, 2.24) is 4.90 Å². The second-order valence-electron chi connectivity index (χ2n) is 5.35. The van der Waals surface area contributed by atoms with Crippen LogP contribution in [-0.2, 0) is 14.2 Å². The summed E-state index contributed by atoms with van der Waals surface area (Å²) >= 11 is 0. The molecule has 96 valence electrons. The van der Waals surface area contributed by atoms with Crippen LogP contribution in [0.15, 0.2) is 12.7 Å². The third-order valence-electron chi connectivity index (χ3n) is 2.75. The molecule has 1 spiro atoms. The summed E-state index contributed by atoms with van der Waals surface area (Å²) < 4.78 is 15.9. The van der Waals surface area contributed by atoms with Crippen molar-refractivity contribution in [3.63, 3.8) is 0 Å². The molecule has 2 aliphatic heterocycles. The number of nitrogens with zero attached hydrogens (tertiary/aromatic N) is 1. The Balaban J connectivity index is 2.01. The van der Waals surface area contributed by atoms with E-state index in [0.717, 1.165) is 0 Å². The monoisotopic (exact) mass is 241 g/mol. The van der Waals surface area contributed by atoms with Gasteiger partial charge in [-0.2, -0.15) is 0 Å². The molecule has 1 amide bonds. The van der Waals surface area contributed by atoms with E-state index in [1.54, 1.807) is 11.0 Å². The molecule has 2 unspecified atom stereocenters. The average Bonchev–Trinajstić information content (AvgIpc) is 2.93. The Labute approximate surface area is 101 Å². The van der Waals surface area contributed by atoms with Crippen LogP contribution in [0.25, 0.3) is 0 Å². The fraction of sp³-hybridized carbons (Fsp3) is 0.750. The molecule has 2 saturated heterocycles. The minimum absolute atomic E-state index is 0.0599. The molecule has 2 heterocycles. The lowest BCUT2D eigenvalue weighted by Crippen LogP contribution is -2.61. The van der Waals surface area contributed by atoms with Gasteiger partial charge in [-0.25, -0.2) is 4.79 Å². The van der Waals surface area contributed by atoms with Crippen molar-refractivity contribution in [2.75, 3.05) is 19.8 Å². The van der Waals surface area contributed by atoms with Crippen molar-refractivity contribution in [3.8, 4) is 0 Å². The van der Waals surface area contributed by atoms with Crippen LogP contribution in [0.2, 0.25) is 0 Å². The van der Waals surface area contributed by atoms with E-state index in [-0.39, 0.29) is 12.1 Å². The van der Waals surface area contributed by atoms with Crippen LogP contribution in [0.1, 0.15) is 20.8 Å². The zero-order valence-corrected chi connectivity index (χ0v) is 10.6. The predicted molar refractivity (Wildman–Crippen MR) is 61.6 cm³/mol. The van der Waals surface area contributed by atoms with Crippen LogP contribution >= 0.6 is 0 Å². The number of rotatable bonds is 3.